The maximum Gasteiger partial charge on any atom is 0.306 e. The number of hydrogen-bond acceptors (Lipinski definition) is 3. The van der Waals surface area contributed by atoms with Crippen LogP contribution in [0.15, 0.2) is 24.3 Å². The van der Waals surface area contributed by atoms with Crippen LogP contribution >= 0.6 is 0 Å². The number of hydrogen-bond donors (Lipinski definition) is 1. The zero-order valence-corrected chi connectivity index (χ0v) is 10.9. The molecule has 0 aliphatic rings. The maximum absolute atomic E-state index is 11.4. The van der Waals surface area contributed by atoms with Gasteiger partial charge in [0, 0.05) is 13.0 Å². The summed E-state index contributed by atoms with van der Waals surface area (Å²) >= 11 is 0. The van der Waals surface area contributed by atoms with Crippen molar-refractivity contribution in [3.63, 3.8) is 0 Å². The molecule has 18 heavy (non-hydrogen) atoms. The van der Waals surface area contributed by atoms with Gasteiger partial charge in [-0.25, -0.2) is 0 Å². The highest BCUT2D eigenvalue weighted by atomic mass is 16.5. The fraction of sp³-hybridized carbons (Fsp3) is 0.429. The Bertz CT molecular complexity index is 398. The summed E-state index contributed by atoms with van der Waals surface area (Å²) in [5.41, 5.74) is 2.33. The van der Waals surface area contributed by atoms with Crippen molar-refractivity contribution in [2.24, 2.45) is 0 Å². The van der Waals surface area contributed by atoms with E-state index in [9.17, 15) is 9.59 Å². The monoisotopic (exact) mass is 249 g/mol. The summed E-state index contributed by atoms with van der Waals surface area (Å²) in [6.45, 7) is 2.59. The van der Waals surface area contributed by atoms with Gasteiger partial charge in [0.1, 0.15) is 0 Å². The molecule has 4 nitrogen and oxygen atoms in total. The third kappa shape index (κ3) is 4.99. The molecule has 4 heteroatoms. The summed E-state index contributed by atoms with van der Waals surface area (Å²) in [4.78, 5) is 22.3. The van der Waals surface area contributed by atoms with Crippen LogP contribution in [0.4, 0.5) is 0 Å². The van der Waals surface area contributed by atoms with Gasteiger partial charge in [0.25, 0.3) is 0 Å². The molecule has 1 aromatic rings. The number of amides is 1. The van der Waals surface area contributed by atoms with E-state index in [1.54, 1.807) is 0 Å². The lowest BCUT2D eigenvalue weighted by Gasteiger charge is -2.05. The number of carbonyl (C=O) groups is 2. The molecule has 0 aromatic heterocycles. The Hall–Kier alpha value is -1.84. The largest absolute Gasteiger partial charge is 0.469 e. The molecule has 0 unspecified atom stereocenters. The Morgan fingerprint density at radius 3 is 2.28 bits per heavy atom. The second-order valence-corrected chi connectivity index (χ2v) is 4.02. The molecule has 98 valence electrons. The first-order valence-electron chi connectivity index (χ1n) is 6.07. The lowest BCUT2D eigenvalue weighted by Crippen LogP contribution is -2.23. The minimum absolute atomic E-state index is 0.122. The quantitative estimate of drug-likeness (QED) is 0.782. The zero-order valence-electron chi connectivity index (χ0n) is 10.9. The number of ether oxygens (including phenoxy) is 1. The van der Waals surface area contributed by atoms with Crippen molar-refractivity contribution in [2.45, 2.75) is 32.7 Å². The van der Waals surface area contributed by atoms with E-state index in [1.165, 1.54) is 12.7 Å². The van der Waals surface area contributed by atoms with Crippen LogP contribution in [0.3, 0.4) is 0 Å². The predicted octanol–water partition coefficient (Wildman–Crippen LogP) is 1.82. The molecular formula is C14H19NO3. The predicted molar refractivity (Wildman–Crippen MR) is 68.9 cm³/mol. The fourth-order valence-corrected chi connectivity index (χ4v) is 1.50. The van der Waals surface area contributed by atoms with Crippen LogP contribution in [-0.2, 0) is 27.3 Å². The normalized spacial score (nSPS) is 9.89. The van der Waals surface area contributed by atoms with Gasteiger partial charge >= 0.3 is 5.97 Å². The number of rotatable bonds is 6. The lowest BCUT2D eigenvalue weighted by atomic mass is 10.1. The summed E-state index contributed by atoms with van der Waals surface area (Å²) in [5, 5.41) is 2.77. The van der Waals surface area contributed by atoms with Gasteiger partial charge in [-0.15, -0.1) is 0 Å². The van der Waals surface area contributed by atoms with Crippen LogP contribution in [0.1, 0.15) is 30.9 Å². The molecule has 1 aromatic carbocycles. The smallest absolute Gasteiger partial charge is 0.306 e. The molecule has 0 spiro atoms. The molecule has 0 atom stereocenters. The van der Waals surface area contributed by atoms with E-state index in [1.807, 2.05) is 12.1 Å². The first kappa shape index (κ1) is 14.2. The highest BCUT2D eigenvalue weighted by molar-refractivity contribution is 5.81. The van der Waals surface area contributed by atoms with Crippen molar-refractivity contribution >= 4 is 11.9 Å². The molecule has 1 N–H and O–H groups in total. The maximum atomic E-state index is 11.4. The average Bonchev–Trinajstić information content (AvgIpc) is 2.42. The van der Waals surface area contributed by atoms with Gasteiger partial charge in [-0.3, -0.25) is 9.59 Å². The molecule has 0 saturated carbocycles. The molecule has 0 heterocycles. The van der Waals surface area contributed by atoms with Gasteiger partial charge in [-0.05, 0) is 17.5 Å². The van der Waals surface area contributed by atoms with Gasteiger partial charge in [0.05, 0.1) is 13.5 Å². The van der Waals surface area contributed by atoms with Gasteiger partial charge in [0.2, 0.25) is 5.91 Å². The third-order valence-electron chi connectivity index (χ3n) is 2.70. The Balaban J connectivity index is 2.31. The number of nitrogens with one attached hydrogen (secondary N) is 1. The van der Waals surface area contributed by atoms with Crippen molar-refractivity contribution in [2.75, 3.05) is 7.11 Å². The van der Waals surface area contributed by atoms with Crippen LogP contribution in [0.5, 0.6) is 0 Å². The zero-order chi connectivity index (χ0) is 13.4. The van der Waals surface area contributed by atoms with Crippen LogP contribution in [-0.4, -0.2) is 19.0 Å². The molecule has 0 aliphatic carbocycles. The molecule has 0 radical (unpaired) electrons. The SMILES string of the molecule is CCc1ccc(CNC(=O)CCC(=O)OC)cc1. The number of esters is 1. The molecule has 0 fully saturated rings. The summed E-state index contributed by atoms with van der Waals surface area (Å²) in [7, 11) is 1.32. The molecule has 0 bridgehead atoms. The van der Waals surface area contributed by atoms with E-state index in [-0.39, 0.29) is 24.7 Å². The minimum Gasteiger partial charge on any atom is -0.469 e. The molecule has 0 aliphatic heterocycles. The highest BCUT2D eigenvalue weighted by Crippen LogP contribution is 2.04. The van der Waals surface area contributed by atoms with Crippen molar-refractivity contribution in [3.05, 3.63) is 35.4 Å². The fourth-order valence-electron chi connectivity index (χ4n) is 1.50. The Morgan fingerprint density at radius 2 is 1.72 bits per heavy atom. The van der Waals surface area contributed by atoms with E-state index < -0.39 is 0 Å². The highest BCUT2D eigenvalue weighted by Gasteiger charge is 2.06. The summed E-state index contributed by atoms with van der Waals surface area (Å²) in [5.74, 6) is -0.502. The second kappa shape index (κ2) is 7.48. The van der Waals surface area contributed by atoms with E-state index in [2.05, 4.69) is 29.1 Å². The van der Waals surface area contributed by atoms with Gasteiger partial charge < -0.3 is 10.1 Å². The van der Waals surface area contributed by atoms with Crippen molar-refractivity contribution in [1.29, 1.82) is 0 Å². The lowest BCUT2D eigenvalue weighted by molar-refractivity contribution is -0.142. The molecule has 1 rings (SSSR count). The standard InChI is InChI=1S/C14H19NO3/c1-3-11-4-6-12(7-5-11)10-15-13(16)8-9-14(17)18-2/h4-7H,3,8-10H2,1-2H3,(H,15,16). The first-order valence-corrected chi connectivity index (χ1v) is 6.07. The van der Waals surface area contributed by atoms with Crippen LogP contribution in [0, 0.1) is 0 Å². The van der Waals surface area contributed by atoms with Gasteiger partial charge in [-0.2, -0.15) is 0 Å². The van der Waals surface area contributed by atoms with Crippen LogP contribution < -0.4 is 5.32 Å². The molecule has 0 saturated heterocycles. The van der Waals surface area contributed by atoms with Gasteiger partial charge in [-0.1, -0.05) is 31.2 Å². The third-order valence-corrected chi connectivity index (χ3v) is 2.70. The minimum atomic E-state index is -0.363. The number of aryl methyl sites for hydroxylation is 1. The van der Waals surface area contributed by atoms with E-state index in [4.69, 9.17) is 0 Å². The first-order chi connectivity index (χ1) is 8.65. The van der Waals surface area contributed by atoms with E-state index >= 15 is 0 Å². The summed E-state index contributed by atoms with van der Waals surface area (Å²) < 4.78 is 4.47. The van der Waals surface area contributed by atoms with Crippen molar-refractivity contribution in [1.82, 2.24) is 5.32 Å². The number of carbonyl (C=O) groups excluding carboxylic acids is 2. The summed E-state index contributed by atoms with van der Waals surface area (Å²) in [6, 6.07) is 8.10. The average molecular weight is 249 g/mol. The Labute approximate surface area is 107 Å². The molecular weight excluding hydrogens is 230 g/mol. The van der Waals surface area contributed by atoms with E-state index in [0.717, 1.165) is 12.0 Å². The van der Waals surface area contributed by atoms with Crippen molar-refractivity contribution in [3.8, 4) is 0 Å². The van der Waals surface area contributed by atoms with Crippen LogP contribution in [0.25, 0.3) is 0 Å². The van der Waals surface area contributed by atoms with E-state index in [0.29, 0.717) is 6.54 Å². The van der Waals surface area contributed by atoms with Crippen molar-refractivity contribution < 1.29 is 14.3 Å². The Morgan fingerprint density at radius 1 is 1.11 bits per heavy atom. The summed E-state index contributed by atoms with van der Waals surface area (Å²) in [6.07, 6.45) is 1.29. The number of methoxy groups -OCH3 is 1. The molecule has 1 amide bonds. The van der Waals surface area contributed by atoms with Gasteiger partial charge in [0.15, 0.2) is 0 Å². The second-order valence-electron chi connectivity index (χ2n) is 4.02. The Kier molecular flexibility index (Phi) is 5.91. The topological polar surface area (TPSA) is 55.4 Å². The van der Waals surface area contributed by atoms with Crippen LogP contribution in [0.2, 0.25) is 0 Å². The number of benzene rings is 1.